The van der Waals surface area contributed by atoms with Crippen molar-refractivity contribution in [3.05, 3.63) is 70.1 Å². The summed E-state index contributed by atoms with van der Waals surface area (Å²) >= 11 is 3.39. The van der Waals surface area contributed by atoms with E-state index in [2.05, 4.69) is 56.3 Å². The number of halogens is 4. The van der Waals surface area contributed by atoms with Gasteiger partial charge in [-0.15, -0.1) is 13.2 Å². The van der Waals surface area contributed by atoms with Crippen LogP contribution in [-0.2, 0) is 23.8 Å². The van der Waals surface area contributed by atoms with Crippen molar-refractivity contribution < 1.29 is 41.8 Å². The number of rotatable bonds is 18. The topological polar surface area (TPSA) is 164 Å². The van der Waals surface area contributed by atoms with E-state index in [9.17, 15) is 27.6 Å². The SMILES string of the molecule is C=C.C=C(CC=O)C(N=[N+]=[N-])NCOC(=O)NCCCOC(OCCCNC(=O)C(F)(F)F)c1ccccc1Br. The number of nitrogens with one attached hydrogen (secondary N) is 3. The molecule has 0 spiro atoms. The van der Waals surface area contributed by atoms with Crippen LogP contribution in [0.2, 0.25) is 0 Å². The van der Waals surface area contributed by atoms with Crippen molar-refractivity contribution in [2.75, 3.05) is 33.0 Å². The van der Waals surface area contributed by atoms with Gasteiger partial charge in [-0.3, -0.25) is 10.1 Å². The zero-order chi connectivity index (χ0) is 30.4. The van der Waals surface area contributed by atoms with Crippen LogP contribution < -0.4 is 16.0 Å². The highest BCUT2D eigenvalue weighted by atomic mass is 79.9. The van der Waals surface area contributed by atoms with E-state index in [1.54, 1.807) is 29.6 Å². The Morgan fingerprint density at radius 2 is 1.73 bits per heavy atom. The van der Waals surface area contributed by atoms with Crippen LogP contribution in [0.4, 0.5) is 18.0 Å². The van der Waals surface area contributed by atoms with Crippen molar-refractivity contribution in [3.63, 3.8) is 0 Å². The predicted octanol–water partition coefficient (Wildman–Crippen LogP) is 4.80. The van der Waals surface area contributed by atoms with E-state index >= 15 is 0 Å². The molecule has 0 aliphatic heterocycles. The molecule has 222 valence electrons. The molecule has 0 bridgehead atoms. The van der Waals surface area contributed by atoms with E-state index in [0.717, 1.165) is 0 Å². The van der Waals surface area contributed by atoms with E-state index in [-0.39, 0.29) is 45.9 Å². The molecule has 12 nitrogen and oxygen atoms in total. The highest BCUT2D eigenvalue weighted by Gasteiger charge is 2.38. The number of hydrogen-bond donors (Lipinski definition) is 3. The second-order valence-corrected chi connectivity index (χ2v) is 8.25. The van der Waals surface area contributed by atoms with Gasteiger partial charge in [0.15, 0.2) is 6.29 Å². The first kappa shape index (κ1) is 36.6. The number of alkyl halides is 3. The molecule has 0 aliphatic carbocycles. The summed E-state index contributed by atoms with van der Waals surface area (Å²) in [5, 5.41) is 10.3. The molecule has 40 heavy (non-hydrogen) atoms. The highest BCUT2D eigenvalue weighted by molar-refractivity contribution is 9.10. The van der Waals surface area contributed by atoms with Crippen LogP contribution in [0.15, 0.2) is 59.2 Å². The second-order valence-electron chi connectivity index (χ2n) is 7.40. The Balaban J connectivity index is 0.00000742. The van der Waals surface area contributed by atoms with Gasteiger partial charge in [-0.25, -0.2) is 4.79 Å². The lowest BCUT2D eigenvalue weighted by Crippen LogP contribution is -2.37. The monoisotopic (exact) mass is 636 g/mol. The van der Waals surface area contributed by atoms with E-state index in [1.165, 1.54) is 0 Å². The third kappa shape index (κ3) is 15.9. The molecule has 0 radical (unpaired) electrons. The van der Waals surface area contributed by atoms with Gasteiger partial charge in [-0.2, -0.15) is 13.2 Å². The molecular weight excluding hydrogens is 605 g/mol. The van der Waals surface area contributed by atoms with Crippen molar-refractivity contribution >= 4 is 34.2 Å². The van der Waals surface area contributed by atoms with Gasteiger partial charge >= 0.3 is 18.2 Å². The smallest absolute Gasteiger partial charge is 0.434 e. The molecule has 1 aromatic carbocycles. The van der Waals surface area contributed by atoms with Crippen molar-refractivity contribution in [1.82, 2.24) is 16.0 Å². The van der Waals surface area contributed by atoms with Crippen molar-refractivity contribution in [2.24, 2.45) is 5.11 Å². The summed E-state index contributed by atoms with van der Waals surface area (Å²) < 4.78 is 53.8. The first-order chi connectivity index (χ1) is 19.1. The highest BCUT2D eigenvalue weighted by Crippen LogP contribution is 2.27. The largest absolute Gasteiger partial charge is 0.471 e. The van der Waals surface area contributed by atoms with Gasteiger partial charge in [0.2, 0.25) is 0 Å². The van der Waals surface area contributed by atoms with Crippen LogP contribution in [0.5, 0.6) is 0 Å². The Bertz CT molecular complexity index is 994. The van der Waals surface area contributed by atoms with Crippen LogP contribution in [0, 0.1) is 0 Å². The Morgan fingerprint density at radius 1 is 1.12 bits per heavy atom. The zero-order valence-electron chi connectivity index (χ0n) is 21.6. The standard InChI is InChI=1S/C22H28BrF3N6O6.C2H4/c1-15(8-11-33)18(31-32-27)30-14-38-21(35)29-10-5-13-37-19(16-6-2-3-7-17(16)23)36-12-4-9-28-20(34)22(24,25)26;1-2/h2-3,6-7,11,18-19,30H,1,4-5,8-10,12-14H2,(H,28,34)(H,29,35);1-2H2. The van der Waals surface area contributed by atoms with Crippen LogP contribution in [0.3, 0.4) is 0 Å². The Hall–Kier alpha value is -3.43. The van der Waals surface area contributed by atoms with Gasteiger partial charge in [0.1, 0.15) is 19.2 Å². The Morgan fingerprint density at radius 3 is 2.27 bits per heavy atom. The maximum absolute atomic E-state index is 12.2. The molecule has 2 atom stereocenters. The molecule has 3 N–H and O–H groups in total. The first-order valence-corrected chi connectivity index (χ1v) is 12.5. The van der Waals surface area contributed by atoms with Crippen LogP contribution in [0.25, 0.3) is 10.4 Å². The molecule has 0 saturated carbocycles. The summed E-state index contributed by atoms with van der Waals surface area (Å²) in [5.41, 5.74) is 9.53. The molecule has 2 amide bonds. The van der Waals surface area contributed by atoms with E-state index < -0.39 is 30.6 Å². The van der Waals surface area contributed by atoms with Crippen LogP contribution in [-0.4, -0.2) is 63.7 Å². The summed E-state index contributed by atoms with van der Waals surface area (Å²) in [6.45, 7) is 9.44. The molecule has 0 heterocycles. The molecule has 1 rings (SSSR count). The molecule has 2 unspecified atom stereocenters. The lowest BCUT2D eigenvalue weighted by atomic mass is 10.2. The second kappa shape index (κ2) is 21.4. The third-order valence-electron chi connectivity index (χ3n) is 4.53. The summed E-state index contributed by atoms with van der Waals surface area (Å²) in [6, 6.07) is 7.06. The normalized spacial score (nSPS) is 12.0. The van der Waals surface area contributed by atoms with Crippen molar-refractivity contribution in [1.29, 1.82) is 0 Å². The number of aldehydes is 1. The summed E-state index contributed by atoms with van der Waals surface area (Å²) in [7, 11) is 0. The quantitative estimate of drug-likeness (QED) is 0.0396. The number of hydrogen-bond acceptors (Lipinski definition) is 8. The van der Waals surface area contributed by atoms with Crippen molar-refractivity contribution in [2.45, 2.75) is 37.9 Å². The number of carbonyl (C=O) groups is 3. The maximum Gasteiger partial charge on any atom is 0.471 e. The minimum atomic E-state index is -4.95. The molecule has 0 saturated heterocycles. The lowest BCUT2D eigenvalue weighted by Gasteiger charge is -2.20. The predicted molar refractivity (Wildman–Crippen MR) is 144 cm³/mol. The number of alkyl carbamates (subject to hydrolysis) is 1. The fraction of sp³-hybridized carbons (Fsp3) is 0.458. The van der Waals surface area contributed by atoms with Crippen LogP contribution in [0.1, 0.15) is 31.1 Å². The van der Waals surface area contributed by atoms with Gasteiger partial charge < -0.3 is 29.6 Å². The number of nitrogens with zero attached hydrogens (tertiary/aromatic N) is 3. The number of ether oxygens (including phenoxy) is 3. The Kier molecular flexibility index (Phi) is 19.6. The molecule has 0 aromatic heterocycles. The zero-order valence-corrected chi connectivity index (χ0v) is 23.2. The molecule has 0 fully saturated rings. The van der Waals surface area contributed by atoms with Crippen LogP contribution >= 0.6 is 15.9 Å². The average Bonchev–Trinajstić information content (AvgIpc) is 2.92. The number of azide groups is 1. The number of benzene rings is 1. The van der Waals surface area contributed by atoms with E-state index in [4.69, 9.17) is 19.7 Å². The third-order valence-corrected chi connectivity index (χ3v) is 5.25. The van der Waals surface area contributed by atoms with Gasteiger partial charge in [-0.1, -0.05) is 45.8 Å². The minimum absolute atomic E-state index is 0.0117. The van der Waals surface area contributed by atoms with Gasteiger partial charge in [-0.05, 0) is 30.0 Å². The van der Waals surface area contributed by atoms with Crippen molar-refractivity contribution in [3.8, 4) is 0 Å². The average molecular weight is 637 g/mol. The number of carbonyl (C=O) groups excluding carboxylic acids is 3. The van der Waals surface area contributed by atoms with E-state index in [1.807, 2.05) is 0 Å². The molecule has 0 aliphatic rings. The molecular formula is C24H32BrF3N6O6. The summed E-state index contributed by atoms with van der Waals surface area (Å²) in [5.74, 6) is -2.02. The first-order valence-electron chi connectivity index (χ1n) is 11.7. The Labute approximate surface area is 238 Å². The maximum atomic E-state index is 12.2. The van der Waals surface area contributed by atoms with Gasteiger partial charge in [0.25, 0.3) is 0 Å². The van der Waals surface area contributed by atoms with Gasteiger partial charge in [0, 0.05) is 34.5 Å². The molecule has 16 heteroatoms. The fourth-order valence-electron chi connectivity index (χ4n) is 2.69. The molecule has 1 aromatic rings. The van der Waals surface area contributed by atoms with Gasteiger partial charge in [0.05, 0.1) is 13.2 Å². The summed E-state index contributed by atoms with van der Waals surface area (Å²) in [6.07, 6.45) is -6.40. The number of amides is 2. The lowest BCUT2D eigenvalue weighted by molar-refractivity contribution is -0.173. The van der Waals surface area contributed by atoms with E-state index in [0.29, 0.717) is 28.3 Å². The summed E-state index contributed by atoms with van der Waals surface area (Å²) in [4.78, 5) is 35.9. The fourth-order valence-corrected chi connectivity index (χ4v) is 3.16. The minimum Gasteiger partial charge on any atom is -0.434 e.